The Kier molecular flexibility index (Phi) is 3.25. The van der Waals surface area contributed by atoms with Crippen LogP contribution in [0.3, 0.4) is 0 Å². The number of hydrogen-bond acceptors (Lipinski definition) is 2. The number of rotatable bonds is 4. The van der Waals surface area contributed by atoms with Gasteiger partial charge in [-0.25, -0.2) is 0 Å². The summed E-state index contributed by atoms with van der Waals surface area (Å²) in [6, 6.07) is 9.85. The smallest absolute Gasteiger partial charge is 0.0923 e. The van der Waals surface area contributed by atoms with Gasteiger partial charge in [-0.05, 0) is 24.6 Å². The molecule has 2 aromatic rings. The van der Waals surface area contributed by atoms with Crippen LogP contribution in [0.25, 0.3) is 11.3 Å². The van der Waals surface area contributed by atoms with E-state index in [1.807, 2.05) is 41.2 Å². The highest BCUT2D eigenvalue weighted by Gasteiger charge is 2.02. The molecule has 3 heteroatoms. The molecule has 1 aromatic carbocycles. The molecular weight excluding hydrogens is 198 g/mol. The molecule has 0 saturated carbocycles. The van der Waals surface area contributed by atoms with Crippen LogP contribution >= 0.6 is 0 Å². The Hall–Kier alpha value is -1.77. The van der Waals surface area contributed by atoms with E-state index in [9.17, 15) is 0 Å². The van der Waals surface area contributed by atoms with Crippen molar-refractivity contribution < 1.29 is 0 Å². The monoisotopic (exact) mass is 215 g/mol. The Bertz CT molecular complexity index is 460. The molecule has 2 rings (SSSR count). The molecule has 0 atom stereocenters. The topological polar surface area (TPSA) is 43.8 Å². The SMILES string of the molecule is CCCCn1ccc(-c2cccc(N)c2)n1. The normalized spacial score (nSPS) is 10.6. The fraction of sp³-hybridized carbons (Fsp3) is 0.308. The summed E-state index contributed by atoms with van der Waals surface area (Å²) in [6.07, 6.45) is 4.37. The van der Waals surface area contributed by atoms with E-state index in [4.69, 9.17) is 5.73 Å². The Balaban J connectivity index is 2.18. The molecule has 2 N–H and O–H groups in total. The van der Waals surface area contributed by atoms with Gasteiger partial charge >= 0.3 is 0 Å². The number of aromatic nitrogens is 2. The van der Waals surface area contributed by atoms with Crippen molar-refractivity contribution in [3.8, 4) is 11.3 Å². The largest absolute Gasteiger partial charge is 0.399 e. The minimum Gasteiger partial charge on any atom is -0.399 e. The number of anilines is 1. The number of nitrogen functional groups attached to an aromatic ring is 1. The summed E-state index contributed by atoms with van der Waals surface area (Å²) in [6.45, 7) is 3.17. The third kappa shape index (κ3) is 2.42. The van der Waals surface area contributed by atoms with Crippen molar-refractivity contribution in [1.82, 2.24) is 9.78 Å². The first kappa shape index (κ1) is 10.7. The first-order valence-electron chi connectivity index (χ1n) is 5.69. The molecule has 0 aliphatic heterocycles. The lowest BCUT2D eigenvalue weighted by Crippen LogP contribution is -1.98. The van der Waals surface area contributed by atoms with Crippen molar-refractivity contribution >= 4 is 5.69 Å². The van der Waals surface area contributed by atoms with E-state index in [1.165, 1.54) is 6.42 Å². The second-order valence-corrected chi connectivity index (χ2v) is 3.94. The molecule has 0 aliphatic carbocycles. The summed E-state index contributed by atoms with van der Waals surface area (Å²) in [5.74, 6) is 0. The average molecular weight is 215 g/mol. The standard InChI is InChI=1S/C13H17N3/c1-2-3-8-16-9-7-13(15-16)11-5-4-6-12(14)10-11/h4-7,9-10H,2-3,8,14H2,1H3. The van der Waals surface area contributed by atoms with Gasteiger partial charge in [0.2, 0.25) is 0 Å². The molecule has 0 saturated heterocycles. The number of benzene rings is 1. The second-order valence-electron chi connectivity index (χ2n) is 3.94. The second kappa shape index (κ2) is 4.84. The van der Waals surface area contributed by atoms with Gasteiger partial charge in [-0.3, -0.25) is 4.68 Å². The molecule has 0 spiro atoms. The molecule has 0 bridgehead atoms. The van der Waals surface area contributed by atoms with Gasteiger partial charge in [-0.2, -0.15) is 5.10 Å². The van der Waals surface area contributed by atoms with Gasteiger partial charge < -0.3 is 5.73 Å². The molecular formula is C13H17N3. The van der Waals surface area contributed by atoms with Crippen molar-refractivity contribution in [2.75, 3.05) is 5.73 Å². The van der Waals surface area contributed by atoms with E-state index in [0.29, 0.717) is 0 Å². The molecule has 0 unspecified atom stereocenters. The third-order valence-electron chi connectivity index (χ3n) is 2.56. The molecule has 84 valence electrons. The van der Waals surface area contributed by atoms with Gasteiger partial charge in [0.25, 0.3) is 0 Å². The highest BCUT2D eigenvalue weighted by atomic mass is 15.3. The van der Waals surface area contributed by atoms with Crippen LogP contribution < -0.4 is 5.73 Å². The molecule has 16 heavy (non-hydrogen) atoms. The van der Waals surface area contributed by atoms with Gasteiger partial charge in [0.1, 0.15) is 0 Å². The highest BCUT2D eigenvalue weighted by Crippen LogP contribution is 2.19. The van der Waals surface area contributed by atoms with E-state index in [0.717, 1.165) is 29.9 Å². The number of nitrogens with two attached hydrogens (primary N) is 1. The summed E-state index contributed by atoms with van der Waals surface area (Å²) >= 11 is 0. The fourth-order valence-corrected chi connectivity index (χ4v) is 1.66. The quantitative estimate of drug-likeness (QED) is 0.797. The van der Waals surface area contributed by atoms with Crippen molar-refractivity contribution in [2.24, 2.45) is 0 Å². The summed E-state index contributed by atoms with van der Waals surface area (Å²) in [7, 11) is 0. The van der Waals surface area contributed by atoms with Gasteiger partial charge in [0, 0.05) is 24.0 Å². The predicted octanol–water partition coefficient (Wildman–Crippen LogP) is 2.93. The van der Waals surface area contributed by atoms with Crippen LogP contribution in [-0.2, 0) is 6.54 Å². The average Bonchev–Trinajstić information content (AvgIpc) is 2.75. The molecule has 3 nitrogen and oxygen atoms in total. The molecule has 0 aliphatic rings. The lowest BCUT2D eigenvalue weighted by atomic mass is 10.1. The number of unbranched alkanes of at least 4 members (excludes halogenated alkanes) is 1. The Labute approximate surface area is 95.9 Å². The van der Waals surface area contributed by atoms with Crippen LogP contribution in [0.5, 0.6) is 0 Å². The Morgan fingerprint density at radius 2 is 2.19 bits per heavy atom. The Morgan fingerprint density at radius 3 is 2.94 bits per heavy atom. The first-order valence-corrected chi connectivity index (χ1v) is 5.69. The lowest BCUT2D eigenvalue weighted by molar-refractivity contribution is 0.573. The van der Waals surface area contributed by atoms with Crippen molar-refractivity contribution in [3.05, 3.63) is 36.5 Å². The van der Waals surface area contributed by atoms with E-state index < -0.39 is 0 Å². The number of hydrogen-bond donors (Lipinski definition) is 1. The fourth-order valence-electron chi connectivity index (χ4n) is 1.66. The number of aryl methyl sites for hydroxylation is 1. The van der Waals surface area contributed by atoms with Gasteiger partial charge in [-0.1, -0.05) is 25.5 Å². The summed E-state index contributed by atoms with van der Waals surface area (Å²) < 4.78 is 1.99. The molecule has 1 aromatic heterocycles. The van der Waals surface area contributed by atoms with Crippen LogP contribution in [0.2, 0.25) is 0 Å². The van der Waals surface area contributed by atoms with E-state index >= 15 is 0 Å². The van der Waals surface area contributed by atoms with Gasteiger partial charge in [-0.15, -0.1) is 0 Å². The van der Waals surface area contributed by atoms with Crippen LogP contribution in [0.4, 0.5) is 5.69 Å². The molecule has 0 radical (unpaired) electrons. The van der Waals surface area contributed by atoms with Gasteiger partial charge in [0.15, 0.2) is 0 Å². The maximum atomic E-state index is 5.75. The van der Waals surface area contributed by atoms with Crippen molar-refractivity contribution in [2.45, 2.75) is 26.3 Å². The van der Waals surface area contributed by atoms with Crippen LogP contribution in [0.15, 0.2) is 36.5 Å². The minimum absolute atomic E-state index is 0.778. The maximum Gasteiger partial charge on any atom is 0.0923 e. The summed E-state index contributed by atoms with van der Waals surface area (Å²) in [5.41, 5.74) is 8.59. The van der Waals surface area contributed by atoms with Crippen molar-refractivity contribution in [1.29, 1.82) is 0 Å². The predicted molar refractivity (Wildman–Crippen MR) is 67.0 cm³/mol. The summed E-state index contributed by atoms with van der Waals surface area (Å²) in [4.78, 5) is 0. The number of nitrogens with zero attached hydrogens (tertiary/aromatic N) is 2. The first-order chi connectivity index (χ1) is 7.79. The molecule has 0 amide bonds. The third-order valence-corrected chi connectivity index (χ3v) is 2.56. The maximum absolute atomic E-state index is 5.75. The Morgan fingerprint density at radius 1 is 1.31 bits per heavy atom. The van der Waals surface area contributed by atoms with Crippen LogP contribution in [0, 0.1) is 0 Å². The van der Waals surface area contributed by atoms with Crippen LogP contribution in [-0.4, -0.2) is 9.78 Å². The van der Waals surface area contributed by atoms with E-state index in [-0.39, 0.29) is 0 Å². The molecule has 0 fully saturated rings. The zero-order valence-electron chi connectivity index (χ0n) is 9.56. The zero-order chi connectivity index (χ0) is 11.4. The van der Waals surface area contributed by atoms with Gasteiger partial charge in [0.05, 0.1) is 5.69 Å². The lowest BCUT2D eigenvalue weighted by Gasteiger charge is -2.00. The van der Waals surface area contributed by atoms with E-state index in [2.05, 4.69) is 12.0 Å². The van der Waals surface area contributed by atoms with Crippen LogP contribution in [0.1, 0.15) is 19.8 Å². The summed E-state index contributed by atoms with van der Waals surface area (Å²) in [5, 5.41) is 4.52. The zero-order valence-corrected chi connectivity index (χ0v) is 9.56. The van der Waals surface area contributed by atoms with Crippen molar-refractivity contribution in [3.63, 3.8) is 0 Å². The van der Waals surface area contributed by atoms with E-state index in [1.54, 1.807) is 0 Å². The highest BCUT2D eigenvalue weighted by molar-refractivity contribution is 5.63. The minimum atomic E-state index is 0.778. The molecule has 1 heterocycles.